The van der Waals surface area contributed by atoms with Crippen molar-refractivity contribution in [1.29, 1.82) is 0 Å². The minimum atomic E-state index is -0.0789. The lowest BCUT2D eigenvalue weighted by atomic mass is 9.77. The predicted octanol–water partition coefficient (Wildman–Crippen LogP) is 4.16. The van der Waals surface area contributed by atoms with E-state index in [1.54, 1.807) is 0 Å². The number of benzene rings is 2. The van der Waals surface area contributed by atoms with E-state index in [-0.39, 0.29) is 11.7 Å². The summed E-state index contributed by atoms with van der Waals surface area (Å²) < 4.78 is 6.71. The van der Waals surface area contributed by atoms with Crippen molar-refractivity contribution in [3.63, 3.8) is 0 Å². The second-order valence-corrected chi connectivity index (χ2v) is 6.55. The van der Waals surface area contributed by atoms with Gasteiger partial charge in [-0.2, -0.15) is 0 Å². The number of nitrogens with one attached hydrogen (secondary N) is 1. The summed E-state index contributed by atoms with van der Waals surface area (Å²) in [4.78, 5) is 0. The summed E-state index contributed by atoms with van der Waals surface area (Å²) in [6, 6.07) is 20.1. The molecule has 4 rings (SSSR count). The van der Waals surface area contributed by atoms with Crippen molar-refractivity contribution in [2.24, 2.45) is 0 Å². The molecule has 1 aliphatic carbocycles. The summed E-state index contributed by atoms with van der Waals surface area (Å²) in [7, 11) is 2.07. The lowest BCUT2D eigenvalue weighted by Crippen LogP contribution is -2.38. The van der Waals surface area contributed by atoms with E-state index in [9.17, 15) is 0 Å². The lowest BCUT2D eigenvalue weighted by Gasteiger charge is -2.37. The molecule has 1 fully saturated rings. The Hall–Kier alpha value is -1.64. The molecule has 114 valence electrons. The van der Waals surface area contributed by atoms with Crippen LogP contribution in [0.4, 0.5) is 0 Å². The van der Waals surface area contributed by atoms with Crippen molar-refractivity contribution >= 4 is 0 Å². The van der Waals surface area contributed by atoms with Gasteiger partial charge in [-0.05, 0) is 49.4 Å². The normalized spacial score (nSPS) is 30.4. The fourth-order valence-corrected chi connectivity index (χ4v) is 4.13. The Labute approximate surface area is 132 Å². The molecular formula is C20H23NO. The zero-order chi connectivity index (χ0) is 15.0. The minimum Gasteiger partial charge on any atom is -0.358 e. The number of hydrogen-bond acceptors (Lipinski definition) is 2. The quantitative estimate of drug-likeness (QED) is 0.897. The standard InChI is InChI=1S/C20H23NO/c1-21-16-11-13-20(14-12-16)18-10-6-5-9-17(18)19(22-20)15-7-3-2-4-8-15/h2-10,16,19,21H,11-14H2,1H3/t16?,19-,20?/m1/s1. The zero-order valence-corrected chi connectivity index (χ0v) is 13.1. The first kappa shape index (κ1) is 14.0. The molecule has 2 heteroatoms. The molecule has 1 saturated carbocycles. The highest BCUT2D eigenvalue weighted by atomic mass is 16.5. The van der Waals surface area contributed by atoms with E-state index >= 15 is 0 Å². The Morgan fingerprint density at radius 2 is 1.64 bits per heavy atom. The zero-order valence-electron chi connectivity index (χ0n) is 13.1. The van der Waals surface area contributed by atoms with E-state index in [0.717, 1.165) is 12.8 Å². The van der Waals surface area contributed by atoms with Crippen molar-refractivity contribution in [2.45, 2.75) is 43.4 Å². The second kappa shape index (κ2) is 5.53. The number of rotatable bonds is 2. The highest BCUT2D eigenvalue weighted by molar-refractivity contribution is 5.43. The van der Waals surface area contributed by atoms with Crippen molar-refractivity contribution in [3.8, 4) is 0 Å². The molecule has 22 heavy (non-hydrogen) atoms. The monoisotopic (exact) mass is 293 g/mol. The molecular weight excluding hydrogens is 270 g/mol. The van der Waals surface area contributed by atoms with E-state index in [0.29, 0.717) is 6.04 Å². The molecule has 0 amide bonds. The Morgan fingerprint density at radius 3 is 2.36 bits per heavy atom. The van der Waals surface area contributed by atoms with E-state index in [1.165, 1.54) is 29.5 Å². The van der Waals surface area contributed by atoms with Crippen LogP contribution in [-0.4, -0.2) is 13.1 Å². The van der Waals surface area contributed by atoms with Crippen molar-refractivity contribution in [2.75, 3.05) is 7.05 Å². The average Bonchev–Trinajstić information content (AvgIpc) is 2.91. The van der Waals surface area contributed by atoms with Gasteiger partial charge in [0, 0.05) is 6.04 Å². The molecule has 2 aromatic rings. The molecule has 1 N–H and O–H groups in total. The Kier molecular flexibility index (Phi) is 3.51. The highest BCUT2D eigenvalue weighted by Crippen LogP contribution is 2.52. The van der Waals surface area contributed by atoms with Gasteiger partial charge in [0.2, 0.25) is 0 Å². The van der Waals surface area contributed by atoms with Crippen LogP contribution in [0.25, 0.3) is 0 Å². The van der Waals surface area contributed by atoms with Crippen LogP contribution >= 0.6 is 0 Å². The first-order valence-electron chi connectivity index (χ1n) is 8.32. The van der Waals surface area contributed by atoms with Crippen LogP contribution in [0, 0.1) is 0 Å². The summed E-state index contributed by atoms with van der Waals surface area (Å²) in [5.41, 5.74) is 3.96. The molecule has 0 aromatic heterocycles. The third-order valence-corrected chi connectivity index (χ3v) is 5.38. The van der Waals surface area contributed by atoms with Crippen LogP contribution < -0.4 is 5.32 Å². The number of hydrogen-bond donors (Lipinski definition) is 1. The number of fused-ring (bicyclic) bond motifs is 2. The summed E-state index contributed by atoms with van der Waals surface area (Å²) in [6.07, 6.45) is 4.68. The molecule has 0 radical (unpaired) electrons. The van der Waals surface area contributed by atoms with Gasteiger partial charge in [-0.15, -0.1) is 0 Å². The van der Waals surface area contributed by atoms with Gasteiger partial charge in [0.25, 0.3) is 0 Å². The molecule has 2 aliphatic rings. The summed E-state index contributed by atoms with van der Waals surface area (Å²) >= 11 is 0. The smallest absolute Gasteiger partial charge is 0.109 e. The topological polar surface area (TPSA) is 21.3 Å². The van der Waals surface area contributed by atoms with Crippen molar-refractivity contribution in [1.82, 2.24) is 5.32 Å². The fraction of sp³-hybridized carbons (Fsp3) is 0.400. The lowest BCUT2D eigenvalue weighted by molar-refractivity contribution is -0.0878. The van der Waals surface area contributed by atoms with Crippen LogP contribution in [-0.2, 0) is 10.3 Å². The van der Waals surface area contributed by atoms with Crippen LogP contribution in [0.5, 0.6) is 0 Å². The molecule has 1 spiro atoms. The maximum atomic E-state index is 6.71. The van der Waals surface area contributed by atoms with Gasteiger partial charge in [0.05, 0.1) is 5.60 Å². The SMILES string of the molecule is CNC1CCC2(CC1)O[C@H](c1ccccc1)c1ccccc12. The number of ether oxygens (including phenoxy) is 1. The van der Waals surface area contributed by atoms with Gasteiger partial charge < -0.3 is 10.1 Å². The first-order valence-corrected chi connectivity index (χ1v) is 8.32. The van der Waals surface area contributed by atoms with E-state index in [1.807, 2.05) is 0 Å². The van der Waals surface area contributed by atoms with Crippen LogP contribution in [0.2, 0.25) is 0 Å². The molecule has 0 saturated heterocycles. The van der Waals surface area contributed by atoms with Crippen molar-refractivity contribution in [3.05, 3.63) is 71.3 Å². The molecule has 1 aliphatic heterocycles. The Bertz CT molecular complexity index is 644. The summed E-state index contributed by atoms with van der Waals surface area (Å²) in [5.74, 6) is 0. The highest BCUT2D eigenvalue weighted by Gasteiger charge is 2.46. The van der Waals surface area contributed by atoms with Gasteiger partial charge >= 0.3 is 0 Å². The summed E-state index contributed by atoms with van der Waals surface area (Å²) in [5, 5.41) is 3.42. The first-order chi connectivity index (χ1) is 10.8. The van der Waals surface area contributed by atoms with Gasteiger partial charge in [-0.3, -0.25) is 0 Å². The third kappa shape index (κ3) is 2.18. The molecule has 0 bridgehead atoms. The van der Waals surface area contributed by atoms with E-state index in [4.69, 9.17) is 4.74 Å². The molecule has 1 heterocycles. The molecule has 0 unspecified atom stereocenters. The van der Waals surface area contributed by atoms with Crippen LogP contribution in [0.3, 0.4) is 0 Å². The fourth-order valence-electron chi connectivity index (χ4n) is 4.13. The van der Waals surface area contributed by atoms with Crippen molar-refractivity contribution < 1.29 is 4.74 Å². The third-order valence-electron chi connectivity index (χ3n) is 5.38. The minimum absolute atomic E-state index is 0.0789. The van der Waals surface area contributed by atoms with Gasteiger partial charge in [-0.25, -0.2) is 0 Å². The molecule has 1 atom stereocenters. The molecule has 2 nitrogen and oxygen atoms in total. The van der Waals surface area contributed by atoms with E-state index in [2.05, 4.69) is 67.0 Å². The Morgan fingerprint density at radius 1 is 0.955 bits per heavy atom. The maximum absolute atomic E-state index is 6.71. The van der Waals surface area contributed by atoms with Gasteiger partial charge in [0.1, 0.15) is 6.10 Å². The summed E-state index contributed by atoms with van der Waals surface area (Å²) in [6.45, 7) is 0. The predicted molar refractivity (Wildman–Crippen MR) is 88.8 cm³/mol. The molecule has 2 aromatic carbocycles. The van der Waals surface area contributed by atoms with Gasteiger partial charge in [0.15, 0.2) is 0 Å². The van der Waals surface area contributed by atoms with Crippen LogP contribution in [0.15, 0.2) is 54.6 Å². The van der Waals surface area contributed by atoms with Crippen LogP contribution in [0.1, 0.15) is 48.5 Å². The van der Waals surface area contributed by atoms with E-state index < -0.39 is 0 Å². The van der Waals surface area contributed by atoms with Gasteiger partial charge in [-0.1, -0.05) is 54.6 Å². The largest absolute Gasteiger partial charge is 0.358 e. The Balaban J connectivity index is 1.72. The average molecular weight is 293 g/mol. The second-order valence-electron chi connectivity index (χ2n) is 6.55. The maximum Gasteiger partial charge on any atom is 0.109 e.